The van der Waals surface area contributed by atoms with Crippen molar-refractivity contribution in [1.29, 1.82) is 0 Å². The fraction of sp³-hybridized carbons (Fsp3) is 0.250. The van der Waals surface area contributed by atoms with Gasteiger partial charge in [-0.05, 0) is 29.7 Å². The molecule has 0 unspecified atom stereocenters. The number of hydrogen-bond donors (Lipinski definition) is 2. The van der Waals surface area contributed by atoms with E-state index in [2.05, 4.69) is 91.9 Å². The molecule has 0 spiro atoms. The van der Waals surface area contributed by atoms with Gasteiger partial charge in [0.05, 0.1) is 13.3 Å². The van der Waals surface area contributed by atoms with E-state index < -0.39 is 0 Å². The van der Waals surface area contributed by atoms with Crippen LogP contribution in [0.25, 0.3) is 11.0 Å². The minimum Gasteiger partial charge on any atom is -1.00 e. The molecule has 2 N–H and O–H groups in total. The van der Waals surface area contributed by atoms with Crippen molar-refractivity contribution in [2.24, 2.45) is 17.1 Å². The summed E-state index contributed by atoms with van der Waals surface area (Å²) in [6.45, 7) is 2.64. The Labute approximate surface area is 185 Å². The number of hydrogen-bond acceptors (Lipinski definition) is 4. The summed E-state index contributed by atoms with van der Waals surface area (Å²) < 4.78 is 4.43. The Bertz CT molecular complexity index is 962. The Balaban J connectivity index is 0.00000140. The molecule has 4 rings (SSSR count). The van der Waals surface area contributed by atoms with Crippen LogP contribution in [0, 0.1) is 0 Å². The van der Waals surface area contributed by atoms with Crippen LogP contribution in [-0.4, -0.2) is 29.8 Å². The van der Waals surface area contributed by atoms with Gasteiger partial charge >= 0.3 is 0 Å². The molecule has 28 heavy (non-hydrogen) atoms. The lowest BCUT2D eigenvalue weighted by atomic mass is 10.1. The third-order valence-electron chi connectivity index (χ3n) is 4.50. The van der Waals surface area contributed by atoms with E-state index in [0.717, 1.165) is 37.6 Å². The van der Waals surface area contributed by atoms with Crippen molar-refractivity contribution in [3.8, 4) is 0 Å². The Morgan fingerprint density at radius 3 is 2.75 bits per heavy atom. The largest absolute Gasteiger partial charge is 1.00 e. The Hall–Kier alpha value is -2.19. The van der Waals surface area contributed by atoms with Crippen LogP contribution in [-0.2, 0) is 13.6 Å². The SMILES string of the molecule is Br.C[n+]1cn(Cc2ccc(/C=N/NC3=NCCCN3)cc2)c2ccccc21.[Br-]. The zero-order chi connectivity index (χ0) is 17.8. The third-order valence-corrected chi connectivity index (χ3v) is 4.50. The predicted molar refractivity (Wildman–Crippen MR) is 115 cm³/mol. The molecule has 148 valence electrons. The number of para-hydroxylation sites is 2. The van der Waals surface area contributed by atoms with Gasteiger partial charge in [0, 0.05) is 13.1 Å². The quantitative estimate of drug-likeness (QED) is 0.280. The summed E-state index contributed by atoms with van der Waals surface area (Å²) in [4.78, 5) is 4.32. The van der Waals surface area contributed by atoms with Crippen LogP contribution in [0.3, 0.4) is 0 Å². The Morgan fingerprint density at radius 2 is 2.00 bits per heavy atom. The van der Waals surface area contributed by atoms with Gasteiger partial charge in [-0.3, -0.25) is 4.99 Å². The first-order chi connectivity index (χ1) is 12.8. The molecular weight excluding hydrogens is 484 g/mol. The van der Waals surface area contributed by atoms with Crippen molar-refractivity contribution in [3.63, 3.8) is 0 Å². The summed E-state index contributed by atoms with van der Waals surface area (Å²) >= 11 is 0. The van der Waals surface area contributed by atoms with Gasteiger partial charge in [-0.15, -0.1) is 17.0 Å². The monoisotopic (exact) mass is 506 g/mol. The molecule has 2 aromatic carbocycles. The number of nitrogens with zero attached hydrogens (tertiary/aromatic N) is 4. The van der Waals surface area contributed by atoms with Crippen molar-refractivity contribution in [2.45, 2.75) is 13.0 Å². The molecule has 3 aromatic rings. The molecular formula is C20H24Br2N6. The molecule has 2 heterocycles. The number of imidazole rings is 1. The molecule has 0 fully saturated rings. The lowest BCUT2D eigenvalue weighted by molar-refractivity contribution is -0.645. The second-order valence-corrected chi connectivity index (χ2v) is 6.47. The lowest BCUT2D eigenvalue weighted by Crippen LogP contribution is -3.00. The van der Waals surface area contributed by atoms with Crippen LogP contribution >= 0.6 is 17.0 Å². The molecule has 1 aliphatic heterocycles. The summed E-state index contributed by atoms with van der Waals surface area (Å²) in [5, 5.41) is 7.43. The maximum absolute atomic E-state index is 4.32. The van der Waals surface area contributed by atoms with Crippen LogP contribution in [0.4, 0.5) is 0 Å². The fourth-order valence-corrected chi connectivity index (χ4v) is 3.15. The zero-order valence-electron chi connectivity index (χ0n) is 15.7. The van der Waals surface area contributed by atoms with Gasteiger partial charge in [-0.1, -0.05) is 36.4 Å². The molecule has 6 nitrogen and oxygen atoms in total. The molecule has 0 saturated heterocycles. The van der Waals surface area contributed by atoms with Crippen LogP contribution in [0.1, 0.15) is 17.5 Å². The zero-order valence-corrected chi connectivity index (χ0v) is 19.0. The first-order valence-corrected chi connectivity index (χ1v) is 8.89. The highest BCUT2D eigenvalue weighted by Crippen LogP contribution is 2.13. The van der Waals surface area contributed by atoms with E-state index in [1.807, 2.05) is 6.21 Å². The Kier molecular flexibility index (Phi) is 8.19. The number of benzene rings is 2. The summed E-state index contributed by atoms with van der Waals surface area (Å²) in [7, 11) is 2.08. The maximum Gasteiger partial charge on any atom is 0.244 e. The van der Waals surface area contributed by atoms with Crippen molar-refractivity contribution >= 4 is 40.2 Å². The van der Waals surface area contributed by atoms with Gasteiger partial charge in [0.15, 0.2) is 11.0 Å². The smallest absolute Gasteiger partial charge is 0.244 e. The minimum absolute atomic E-state index is 0. The third kappa shape index (κ3) is 5.20. The van der Waals surface area contributed by atoms with Gasteiger partial charge in [0.25, 0.3) is 0 Å². The Morgan fingerprint density at radius 1 is 1.21 bits per heavy atom. The molecule has 8 heteroatoms. The number of aryl methyl sites for hydroxylation is 1. The predicted octanol–water partition coefficient (Wildman–Crippen LogP) is -0.631. The molecule has 0 amide bonds. The van der Waals surface area contributed by atoms with E-state index in [1.165, 1.54) is 16.6 Å². The number of fused-ring (bicyclic) bond motifs is 1. The number of guanidine groups is 1. The number of aromatic nitrogens is 2. The lowest BCUT2D eigenvalue weighted by Gasteiger charge is -2.12. The minimum atomic E-state index is 0. The highest BCUT2D eigenvalue weighted by molar-refractivity contribution is 8.93. The molecule has 0 radical (unpaired) electrons. The number of nitrogens with one attached hydrogen (secondary N) is 2. The number of aliphatic imine (C=N–C) groups is 1. The molecule has 0 saturated carbocycles. The molecule has 0 aliphatic carbocycles. The second kappa shape index (κ2) is 10.4. The maximum atomic E-state index is 4.32. The first kappa shape index (κ1) is 22.1. The molecule has 1 aromatic heterocycles. The molecule has 0 bridgehead atoms. The van der Waals surface area contributed by atoms with E-state index in [-0.39, 0.29) is 34.0 Å². The highest BCUT2D eigenvalue weighted by Gasteiger charge is 2.12. The van der Waals surface area contributed by atoms with Gasteiger partial charge in [0.2, 0.25) is 12.3 Å². The van der Waals surface area contributed by atoms with Crippen molar-refractivity contribution in [3.05, 3.63) is 66.0 Å². The van der Waals surface area contributed by atoms with E-state index in [0.29, 0.717) is 0 Å². The van der Waals surface area contributed by atoms with E-state index in [1.54, 1.807) is 0 Å². The topological polar surface area (TPSA) is 57.6 Å². The van der Waals surface area contributed by atoms with Crippen LogP contribution < -0.4 is 32.3 Å². The molecule has 1 aliphatic rings. The van der Waals surface area contributed by atoms with Crippen LogP contribution in [0.15, 0.2) is 65.0 Å². The van der Waals surface area contributed by atoms with E-state index in [4.69, 9.17) is 0 Å². The summed E-state index contributed by atoms with van der Waals surface area (Å²) in [5.74, 6) is 0.747. The van der Waals surface area contributed by atoms with Gasteiger partial charge in [0.1, 0.15) is 6.54 Å². The summed E-state index contributed by atoms with van der Waals surface area (Å²) in [6.07, 6.45) is 5.03. The van der Waals surface area contributed by atoms with Crippen molar-refractivity contribution < 1.29 is 21.5 Å². The molecule has 0 atom stereocenters. The van der Waals surface area contributed by atoms with Gasteiger partial charge in [-0.25, -0.2) is 14.6 Å². The number of halogens is 2. The van der Waals surface area contributed by atoms with Crippen LogP contribution in [0.2, 0.25) is 0 Å². The van der Waals surface area contributed by atoms with E-state index in [9.17, 15) is 0 Å². The second-order valence-electron chi connectivity index (χ2n) is 6.47. The highest BCUT2D eigenvalue weighted by atomic mass is 79.9. The van der Waals surface area contributed by atoms with E-state index >= 15 is 0 Å². The standard InChI is InChI=1S/C20H23N6.2BrH/c1-25-15-26(19-6-3-2-5-18(19)25)14-17-9-7-16(8-10-17)13-23-24-20-21-11-4-12-22-20;;/h2-3,5-10,13,15H,4,11-12,14H2,1H3,(H2,21,22,24);2*1H/q+1;;/p-1/b23-13+;;. The van der Waals surface area contributed by atoms with Gasteiger partial charge < -0.3 is 22.3 Å². The van der Waals surface area contributed by atoms with Gasteiger partial charge in [-0.2, -0.15) is 5.10 Å². The fourth-order valence-electron chi connectivity index (χ4n) is 3.15. The number of rotatable bonds is 4. The van der Waals surface area contributed by atoms with Crippen molar-refractivity contribution in [2.75, 3.05) is 13.1 Å². The summed E-state index contributed by atoms with van der Waals surface area (Å²) in [6, 6.07) is 16.9. The summed E-state index contributed by atoms with van der Waals surface area (Å²) in [5.41, 5.74) is 7.74. The average Bonchev–Trinajstić information content (AvgIpc) is 3.00. The average molecular weight is 508 g/mol. The van der Waals surface area contributed by atoms with Crippen LogP contribution in [0.5, 0.6) is 0 Å². The first-order valence-electron chi connectivity index (χ1n) is 8.89. The normalized spacial score (nSPS) is 13.4. The number of hydrazone groups is 1. The van der Waals surface area contributed by atoms with Crippen molar-refractivity contribution in [1.82, 2.24) is 15.3 Å².